The van der Waals surface area contributed by atoms with E-state index in [0.717, 1.165) is 47.3 Å². The zero-order valence-corrected chi connectivity index (χ0v) is 44.1. The van der Waals surface area contributed by atoms with E-state index in [-0.39, 0.29) is 101 Å². The molecule has 2 aromatic carbocycles. The Hall–Kier alpha value is -5.67. The lowest BCUT2D eigenvalue weighted by molar-refractivity contribution is -0.141. The summed E-state index contributed by atoms with van der Waals surface area (Å²) in [6.45, 7) is 8.12. The van der Waals surface area contributed by atoms with Crippen LogP contribution in [0.25, 0.3) is 11.1 Å². The molecule has 10 N–H and O–H groups in total. The largest absolute Gasteiger partial charge is 0.480 e. The molecule has 1 aromatic heterocycles. The normalized spacial score (nSPS) is 13.1. The van der Waals surface area contributed by atoms with E-state index in [1.54, 1.807) is 17.2 Å². The quantitative estimate of drug-likeness (QED) is 0.0383. The van der Waals surface area contributed by atoms with Crippen molar-refractivity contribution in [2.45, 2.75) is 70.0 Å². The monoisotopic (exact) mass is 1100 g/mol. The molecule has 0 saturated heterocycles. The first-order valence-electron chi connectivity index (χ1n) is 24.2. The fourth-order valence-electron chi connectivity index (χ4n) is 7.24. The smallest absolute Gasteiger partial charge is 0.327 e. The Morgan fingerprint density at radius 2 is 1.41 bits per heavy atom. The van der Waals surface area contributed by atoms with Crippen LogP contribution in [0.5, 0.6) is 0 Å². The second-order valence-corrected chi connectivity index (χ2v) is 20.3. The molecule has 0 aliphatic heterocycles. The van der Waals surface area contributed by atoms with Gasteiger partial charge in [0.2, 0.25) is 23.6 Å². The molecule has 3 rings (SSSR count). The number of amides is 4. The van der Waals surface area contributed by atoms with Crippen molar-refractivity contribution in [2.75, 3.05) is 96.3 Å². The number of benzene rings is 2. The average molecular weight is 1100 g/mol. The molecule has 0 saturated carbocycles. The Balaban J connectivity index is 1.35. The lowest BCUT2D eigenvalue weighted by Crippen LogP contribution is -2.45. The van der Waals surface area contributed by atoms with E-state index in [4.69, 9.17) is 35.5 Å². The summed E-state index contributed by atoms with van der Waals surface area (Å²) in [4.78, 5) is 87.1. The molecule has 4 amide bonds. The summed E-state index contributed by atoms with van der Waals surface area (Å²) in [5.41, 5.74) is 12.9. The molecule has 0 aliphatic rings. The first-order chi connectivity index (χ1) is 35.7. The van der Waals surface area contributed by atoms with Gasteiger partial charge in [0.25, 0.3) is 0 Å². The van der Waals surface area contributed by atoms with Crippen LogP contribution in [-0.2, 0) is 59.1 Å². The molecule has 3 aromatic rings. The van der Waals surface area contributed by atoms with E-state index in [9.17, 15) is 48.2 Å². The van der Waals surface area contributed by atoms with Gasteiger partial charge in [-0.1, -0.05) is 51.1 Å². The van der Waals surface area contributed by atoms with Crippen LogP contribution in [0.3, 0.4) is 0 Å². The van der Waals surface area contributed by atoms with Crippen LogP contribution in [0.1, 0.15) is 57.3 Å². The third kappa shape index (κ3) is 24.3. The number of thioether (sulfide) groups is 2. The van der Waals surface area contributed by atoms with Crippen molar-refractivity contribution in [1.29, 1.82) is 0 Å². The molecule has 2 unspecified atom stereocenters. The van der Waals surface area contributed by atoms with Gasteiger partial charge < -0.3 is 71.2 Å². The minimum atomic E-state index is -1.31. The Kier molecular flexibility index (Phi) is 28.9. The van der Waals surface area contributed by atoms with E-state index >= 15 is 4.39 Å². The Morgan fingerprint density at radius 1 is 0.773 bits per heavy atom. The lowest BCUT2D eigenvalue weighted by atomic mass is 9.83. The zero-order chi connectivity index (χ0) is 55.3. The van der Waals surface area contributed by atoms with E-state index in [2.05, 4.69) is 16.0 Å². The first-order valence-corrected chi connectivity index (χ1v) is 26.4. The van der Waals surface area contributed by atoms with E-state index in [0.29, 0.717) is 30.8 Å². The molecule has 416 valence electrons. The Morgan fingerprint density at radius 3 is 2.01 bits per heavy atom. The summed E-state index contributed by atoms with van der Waals surface area (Å²) in [5.74, 6) is -7.56. The number of halogens is 2. The molecule has 4 atom stereocenters. The van der Waals surface area contributed by atoms with Crippen molar-refractivity contribution in [3.8, 4) is 11.1 Å². The second-order valence-electron chi connectivity index (χ2n) is 18.0. The second kappa shape index (κ2) is 34.1. The highest BCUT2D eigenvalue weighted by Gasteiger charge is 2.37. The van der Waals surface area contributed by atoms with E-state index in [1.165, 1.54) is 0 Å². The summed E-state index contributed by atoms with van der Waals surface area (Å²) in [6, 6.07) is 11.5. The topological polar surface area (TPSA) is 313 Å². The number of carboxylic acids is 3. The molecule has 25 heteroatoms. The van der Waals surface area contributed by atoms with Crippen LogP contribution in [0.4, 0.5) is 8.78 Å². The van der Waals surface area contributed by atoms with Crippen LogP contribution >= 0.6 is 23.5 Å². The fraction of sp³-hybridized carbons (Fsp3) is 0.540. The number of rotatable bonds is 38. The molecule has 0 bridgehead atoms. The SMILES string of the molecule is CC(C)(C)[C@H](c1cc(-c2cc(F)ccc2F)cn1Cc1ccccc1)N(CCCN)C(=O)CSCC(NC(=O)CCOCCOCCOCCOCCNC(=O)CNC(=O)CC(SC[C@H](N)C(=O)O)C(=O)O)C(=O)O. The third-order valence-corrected chi connectivity index (χ3v) is 13.2. The third-order valence-electron chi connectivity index (χ3n) is 10.9. The number of nitrogens with zero attached hydrogens (tertiary/aromatic N) is 2. The molecule has 0 spiro atoms. The van der Waals surface area contributed by atoms with Crippen molar-refractivity contribution >= 4 is 65.1 Å². The van der Waals surface area contributed by atoms with E-state index in [1.807, 2.05) is 55.7 Å². The van der Waals surface area contributed by atoms with Crippen LogP contribution in [0, 0.1) is 17.0 Å². The first kappa shape index (κ1) is 63.6. The maximum absolute atomic E-state index is 15.2. The van der Waals surface area contributed by atoms with Gasteiger partial charge in [-0.2, -0.15) is 0 Å². The number of carbonyl (C=O) groups excluding carboxylic acids is 4. The summed E-state index contributed by atoms with van der Waals surface area (Å²) in [5, 5.41) is 34.2. The van der Waals surface area contributed by atoms with Gasteiger partial charge in [0.1, 0.15) is 29.0 Å². The highest BCUT2D eigenvalue weighted by atomic mass is 32.2. The van der Waals surface area contributed by atoms with Gasteiger partial charge in [-0.05, 0) is 48.2 Å². The molecule has 0 fully saturated rings. The van der Waals surface area contributed by atoms with Crippen molar-refractivity contribution in [3.63, 3.8) is 0 Å². The number of hydrogen-bond donors (Lipinski definition) is 8. The van der Waals surface area contributed by atoms with Crippen LogP contribution < -0.4 is 27.4 Å². The highest BCUT2D eigenvalue weighted by Crippen LogP contribution is 2.41. The highest BCUT2D eigenvalue weighted by molar-refractivity contribution is 8.00. The standard InChI is InChI=1S/C50H71F2N7O14S2/c1-50(2,3)46(40-24-34(36-25-35(51)10-11-37(36)52)29-58(40)28-33-8-5-4-6-9-33)59(15-7-13-53)45(63)32-74-31-39(48(66)67)57-42(60)12-16-70-18-20-72-22-23-73-21-19-71-17-14-55-44(62)27-56-43(61)26-41(49(68)69)75-30-38(54)47(64)65/h4-6,8-11,24-25,29,38-39,41,46H,7,12-23,26-28,30-32,53-54H2,1-3H3,(H,55,62)(H,56,61)(H,57,60)(H,64,65)(H,66,67)(H,68,69)/t38-,39?,41?,46-/m0/s1. The molecule has 0 aliphatic carbocycles. The number of aliphatic carboxylic acids is 3. The van der Waals surface area contributed by atoms with Crippen LogP contribution in [-0.4, -0.2) is 180 Å². The number of carboxylic acid groups (broad SMARTS) is 3. The fourth-order valence-corrected chi connectivity index (χ4v) is 9.15. The molecule has 1 heterocycles. The van der Waals surface area contributed by atoms with Crippen molar-refractivity contribution in [3.05, 3.63) is 83.7 Å². The predicted octanol–water partition coefficient (Wildman–Crippen LogP) is 2.73. The van der Waals surface area contributed by atoms with Gasteiger partial charge in [-0.25, -0.2) is 13.6 Å². The number of carbonyl (C=O) groups is 7. The van der Waals surface area contributed by atoms with Crippen LogP contribution in [0.2, 0.25) is 0 Å². The maximum atomic E-state index is 15.2. The molecule has 75 heavy (non-hydrogen) atoms. The Labute approximate surface area is 443 Å². The predicted molar refractivity (Wildman–Crippen MR) is 278 cm³/mol. The number of ether oxygens (including phenoxy) is 4. The zero-order valence-electron chi connectivity index (χ0n) is 42.5. The summed E-state index contributed by atoms with van der Waals surface area (Å²) in [7, 11) is 0. The minimum absolute atomic E-state index is 0.0000741. The van der Waals surface area contributed by atoms with Gasteiger partial charge >= 0.3 is 17.9 Å². The summed E-state index contributed by atoms with van der Waals surface area (Å²) < 4.78 is 53.3. The number of aromatic nitrogens is 1. The lowest BCUT2D eigenvalue weighted by Gasteiger charge is -2.41. The minimum Gasteiger partial charge on any atom is -0.480 e. The summed E-state index contributed by atoms with van der Waals surface area (Å²) >= 11 is 1.78. The maximum Gasteiger partial charge on any atom is 0.327 e. The molecule has 21 nitrogen and oxygen atoms in total. The molecule has 0 radical (unpaired) electrons. The van der Waals surface area contributed by atoms with Gasteiger partial charge in [0, 0.05) is 67.0 Å². The molecular formula is C50H71F2N7O14S2. The van der Waals surface area contributed by atoms with Crippen molar-refractivity contribution in [2.24, 2.45) is 16.9 Å². The Bertz CT molecular complexity index is 2290. The number of nitrogens with one attached hydrogen (secondary N) is 3. The number of hydrogen-bond acceptors (Lipinski definition) is 15. The van der Waals surface area contributed by atoms with Crippen LogP contribution in [0.15, 0.2) is 60.8 Å². The van der Waals surface area contributed by atoms with E-state index < -0.39 is 89.0 Å². The van der Waals surface area contributed by atoms with Crippen molar-refractivity contribution in [1.82, 2.24) is 25.4 Å². The van der Waals surface area contributed by atoms with Crippen molar-refractivity contribution < 1.29 is 76.6 Å². The van der Waals surface area contributed by atoms with Gasteiger partial charge in [-0.15, -0.1) is 23.5 Å². The van der Waals surface area contributed by atoms with Gasteiger partial charge in [0.15, 0.2) is 0 Å². The average Bonchev–Trinajstić information content (AvgIpc) is 3.76. The van der Waals surface area contributed by atoms with Gasteiger partial charge in [-0.3, -0.25) is 28.8 Å². The molecular weight excluding hydrogens is 1020 g/mol. The number of nitrogens with two attached hydrogens (primary N) is 2. The van der Waals surface area contributed by atoms with Gasteiger partial charge in [0.05, 0.1) is 71.2 Å². The summed E-state index contributed by atoms with van der Waals surface area (Å²) in [6.07, 6.45) is 1.63.